The molecule has 8 nitrogen and oxygen atoms in total. The zero-order valence-electron chi connectivity index (χ0n) is 13.5. The van der Waals surface area contributed by atoms with E-state index in [-0.39, 0.29) is 18.1 Å². The Kier molecular flexibility index (Phi) is 3.81. The molecule has 24 heavy (non-hydrogen) atoms. The fourth-order valence-electron chi connectivity index (χ4n) is 3.13. The molecular formula is C16H19N7O. The van der Waals surface area contributed by atoms with Crippen LogP contribution in [0.15, 0.2) is 24.8 Å². The van der Waals surface area contributed by atoms with Gasteiger partial charge in [-0.05, 0) is 25.9 Å². The molecule has 1 fully saturated rings. The number of piperidine rings is 1. The Morgan fingerprint density at radius 2 is 2.12 bits per heavy atom. The van der Waals surface area contributed by atoms with Crippen molar-refractivity contribution in [3.8, 4) is 11.3 Å². The molecule has 124 valence electrons. The maximum atomic E-state index is 12.5. The molecule has 1 saturated heterocycles. The van der Waals surface area contributed by atoms with E-state index in [0.717, 1.165) is 37.2 Å². The van der Waals surface area contributed by atoms with Gasteiger partial charge in [-0.2, -0.15) is 10.2 Å². The molecule has 4 rings (SSSR count). The number of hydrogen-bond donors (Lipinski definition) is 1. The van der Waals surface area contributed by atoms with E-state index in [1.807, 2.05) is 13.2 Å². The quantitative estimate of drug-likeness (QED) is 0.757. The number of aryl methyl sites for hydroxylation is 1. The standard InChI is InChI=1S/C16H19N7O/c1-22-10-12(7-19-22)13-8-18-9-16-20-15(21-23(13)16)6-14(24)11-2-4-17-5-3-11/h7-11,17H,2-6H2,1H3. The molecular weight excluding hydrogens is 306 g/mol. The zero-order valence-corrected chi connectivity index (χ0v) is 13.5. The Morgan fingerprint density at radius 1 is 1.29 bits per heavy atom. The van der Waals surface area contributed by atoms with Crippen LogP contribution < -0.4 is 5.32 Å². The fourth-order valence-corrected chi connectivity index (χ4v) is 3.13. The number of nitrogens with one attached hydrogen (secondary N) is 1. The molecule has 0 aliphatic carbocycles. The minimum absolute atomic E-state index is 0.119. The SMILES string of the molecule is Cn1cc(-c2cncc3nc(CC(=O)C4CCNCC4)nn23)cn1. The van der Waals surface area contributed by atoms with E-state index in [2.05, 4.69) is 25.5 Å². The lowest BCUT2D eigenvalue weighted by molar-refractivity contribution is -0.123. The average molecular weight is 325 g/mol. The molecule has 1 aliphatic heterocycles. The van der Waals surface area contributed by atoms with Gasteiger partial charge in [-0.1, -0.05) is 0 Å². The Hall–Kier alpha value is -2.61. The maximum absolute atomic E-state index is 12.5. The smallest absolute Gasteiger partial charge is 0.174 e. The largest absolute Gasteiger partial charge is 0.317 e. The Bertz CT molecular complexity index is 876. The first-order chi connectivity index (χ1) is 11.7. The van der Waals surface area contributed by atoms with E-state index in [9.17, 15) is 4.79 Å². The summed E-state index contributed by atoms with van der Waals surface area (Å²) in [6.45, 7) is 1.81. The molecule has 0 aromatic carbocycles. The highest BCUT2D eigenvalue weighted by Crippen LogP contribution is 2.19. The summed E-state index contributed by atoms with van der Waals surface area (Å²) in [5.41, 5.74) is 2.37. The molecule has 3 aromatic heterocycles. The van der Waals surface area contributed by atoms with Crippen LogP contribution in [0, 0.1) is 5.92 Å². The van der Waals surface area contributed by atoms with Gasteiger partial charge in [0.05, 0.1) is 30.7 Å². The minimum atomic E-state index is 0.119. The number of fused-ring (bicyclic) bond motifs is 1. The average Bonchev–Trinajstić information content (AvgIpc) is 3.21. The van der Waals surface area contributed by atoms with Gasteiger partial charge in [0, 0.05) is 24.7 Å². The van der Waals surface area contributed by atoms with Gasteiger partial charge in [-0.25, -0.2) is 9.50 Å². The van der Waals surface area contributed by atoms with Crippen molar-refractivity contribution in [2.75, 3.05) is 13.1 Å². The molecule has 1 aliphatic rings. The van der Waals surface area contributed by atoms with Gasteiger partial charge in [-0.3, -0.25) is 14.5 Å². The van der Waals surface area contributed by atoms with E-state index in [0.29, 0.717) is 11.5 Å². The van der Waals surface area contributed by atoms with Crippen molar-refractivity contribution < 1.29 is 4.79 Å². The maximum Gasteiger partial charge on any atom is 0.174 e. The molecule has 1 N–H and O–H groups in total. The lowest BCUT2D eigenvalue weighted by atomic mass is 9.92. The van der Waals surface area contributed by atoms with Gasteiger partial charge >= 0.3 is 0 Å². The molecule has 0 spiro atoms. The third kappa shape index (κ3) is 2.80. The van der Waals surface area contributed by atoms with Gasteiger partial charge in [0.2, 0.25) is 0 Å². The first kappa shape index (κ1) is 14.9. The molecule has 0 unspecified atom stereocenters. The first-order valence-corrected chi connectivity index (χ1v) is 8.13. The van der Waals surface area contributed by atoms with Crippen LogP contribution in [-0.2, 0) is 18.3 Å². The number of rotatable bonds is 4. The molecule has 0 radical (unpaired) electrons. The van der Waals surface area contributed by atoms with Crippen molar-refractivity contribution in [2.24, 2.45) is 13.0 Å². The molecule has 0 bridgehead atoms. The van der Waals surface area contributed by atoms with Crippen molar-refractivity contribution >= 4 is 11.4 Å². The van der Waals surface area contributed by atoms with Crippen molar-refractivity contribution in [2.45, 2.75) is 19.3 Å². The van der Waals surface area contributed by atoms with Gasteiger partial charge in [-0.15, -0.1) is 0 Å². The van der Waals surface area contributed by atoms with Crippen molar-refractivity contribution in [1.82, 2.24) is 34.7 Å². The minimum Gasteiger partial charge on any atom is -0.317 e. The summed E-state index contributed by atoms with van der Waals surface area (Å²) in [4.78, 5) is 21.1. The highest BCUT2D eigenvalue weighted by atomic mass is 16.1. The second-order valence-electron chi connectivity index (χ2n) is 6.16. The third-order valence-electron chi connectivity index (χ3n) is 4.42. The van der Waals surface area contributed by atoms with Gasteiger partial charge in [0.15, 0.2) is 11.5 Å². The predicted octanol–water partition coefficient (Wildman–Crippen LogP) is 0.636. The van der Waals surface area contributed by atoms with Crippen LogP contribution in [0.5, 0.6) is 0 Å². The highest BCUT2D eigenvalue weighted by Gasteiger charge is 2.22. The summed E-state index contributed by atoms with van der Waals surface area (Å²) in [7, 11) is 1.86. The normalized spacial score (nSPS) is 15.9. The molecule has 3 aromatic rings. The van der Waals surface area contributed by atoms with Crippen LogP contribution in [0.2, 0.25) is 0 Å². The lowest BCUT2D eigenvalue weighted by Crippen LogP contribution is -2.32. The van der Waals surface area contributed by atoms with E-state index < -0.39 is 0 Å². The zero-order chi connectivity index (χ0) is 16.5. The lowest BCUT2D eigenvalue weighted by Gasteiger charge is -2.20. The summed E-state index contributed by atoms with van der Waals surface area (Å²) in [6.07, 6.45) is 9.13. The van der Waals surface area contributed by atoms with Crippen LogP contribution in [0.4, 0.5) is 0 Å². The molecule has 0 atom stereocenters. The summed E-state index contributed by atoms with van der Waals surface area (Å²) in [5.74, 6) is 0.897. The van der Waals surface area contributed by atoms with Gasteiger partial charge in [0.1, 0.15) is 5.78 Å². The molecule has 8 heteroatoms. The predicted molar refractivity (Wildman–Crippen MR) is 87.3 cm³/mol. The third-order valence-corrected chi connectivity index (χ3v) is 4.42. The van der Waals surface area contributed by atoms with Crippen molar-refractivity contribution in [3.05, 3.63) is 30.6 Å². The Balaban J connectivity index is 1.62. The number of Topliss-reactive ketones (excluding diaryl/α,β-unsaturated/α-hetero) is 1. The fraction of sp³-hybridized carbons (Fsp3) is 0.438. The van der Waals surface area contributed by atoms with Gasteiger partial charge in [0.25, 0.3) is 0 Å². The number of carbonyl (C=O) groups is 1. The van der Waals surface area contributed by atoms with Crippen LogP contribution in [0.1, 0.15) is 18.7 Å². The van der Waals surface area contributed by atoms with Crippen LogP contribution in [0.25, 0.3) is 16.9 Å². The number of aromatic nitrogens is 6. The molecule has 0 amide bonds. The van der Waals surface area contributed by atoms with Crippen molar-refractivity contribution in [1.29, 1.82) is 0 Å². The number of ketones is 1. The van der Waals surface area contributed by atoms with Gasteiger partial charge < -0.3 is 5.32 Å². The van der Waals surface area contributed by atoms with Crippen LogP contribution in [0.3, 0.4) is 0 Å². The topological polar surface area (TPSA) is 90.0 Å². The number of hydrogen-bond acceptors (Lipinski definition) is 6. The summed E-state index contributed by atoms with van der Waals surface area (Å²) < 4.78 is 3.46. The molecule has 4 heterocycles. The number of carbonyl (C=O) groups excluding carboxylic acids is 1. The monoisotopic (exact) mass is 325 g/mol. The summed E-state index contributed by atoms with van der Waals surface area (Å²) in [6, 6.07) is 0. The second kappa shape index (κ2) is 6.12. The highest BCUT2D eigenvalue weighted by molar-refractivity contribution is 5.82. The van der Waals surface area contributed by atoms with E-state index in [4.69, 9.17) is 0 Å². The van der Waals surface area contributed by atoms with Crippen LogP contribution >= 0.6 is 0 Å². The summed E-state index contributed by atoms with van der Waals surface area (Å²) >= 11 is 0. The number of nitrogens with zero attached hydrogens (tertiary/aromatic N) is 6. The van der Waals surface area contributed by atoms with Crippen molar-refractivity contribution in [3.63, 3.8) is 0 Å². The Labute approximate surface area is 138 Å². The second-order valence-corrected chi connectivity index (χ2v) is 6.16. The first-order valence-electron chi connectivity index (χ1n) is 8.13. The van der Waals surface area contributed by atoms with E-state index >= 15 is 0 Å². The van der Waals surface area contributed by atoms with E-state index in [1.165, 1.54) is 0 Å². The van der Waals surface area contributed by atoms with E-state index in [1.54, 1.807) is 27.8 Å². The van der Waals surface area contributed by atoms with Crippen LogP contribution in [-0.4, -0.2) is 48.2 Å². The summed E-state index contributed by atoms with van der Waals surface area (Å²) in [5, 5.41) is 12.0. The Morgan fingerprint density at radius 3 is 2.88 bits per heavy atom. The molecule has 0 saturated carbocycles.